The molecule has 2 bridgehead atoms. The summed E-state index contributed by atoms with van der Waals surface area (Å²) < 4.78 is 5.91. The van der Waals surface area contributed by atoms with Crippen molar-refractivity contribution in [3.63, 3.8) is 0 Å². The number of hydrogen-bond acceptors (Lipinski definition) is 3. The number of carbonyl (C=O) groups is 1. The molecular weight excluding hydrogens is 362 g/mol. The van der Waals surface area contributed by atoms with Crippen molar-refractivity contribution in [2.75, 3.05) is 6.61 Å². The van der Waals surface area contributed by atoms with Gasteiger partial charge in [0.1, 0.15) is 6.61 Å². The molecule has 2 aromatic rings. The minimum atomic E-state index is -0.550. The highest BCUT2D eigenvalue weighted by atomic mass is 16.6. The molecule has 2 aromatic carbocycles. The van der Waals surface area contributed by atoms with Gasteiger partial charge in [0, 0.05) is 18.0 Å². The Hall–Kier alpha value is -2.33. The second-order valence-electron chi connectivity index (χ2n) is 9.38. The molecule has 6 rings (SSSR count). The molecule has 0 spiro atoms. The quantitative estimate of drug-likeness (QED) is 0.828. The van der Waals surface area contributed by atoms with Gasteiger partial charge in [-0.15, -0.1) is 0 Å². The lowest BCUT2D eigenvalue weighted by molar-refractivity contribution is -0.0631. The highest BCUT2D eigenvalue weighted by Gasteiger charge is 2.55. The summed E-state index contributed by atoms with van der Waals surface area (Å²) in [5, 5.41) is 11.0. The van der Waals surface area contributed by atoms with Gasteiger partial charge in [-0.25, -0.2) is 4.79 Å². The lowest BCUT2D eigenvalue weighted by Gasteiger charge is -2.43. The number of nitrogens with zero attached hydrogens (tertiary/aromatic N) is 1. The van der Waals surface area contributed by atoms with E-state index in [1.807, 2.05) is 4.90 Å². The number of ether oxygens (including phenoxy) is 1. The molecule has 0 radical (unpaired) electrons. The van der Waals surface area contributed by atoms with Crippen molar-refractivity contribution in [2.45, 2.75) is 62.1 Å². The Morgan fingerprint density at radius 3 is 2.03 bits per heavy atom. The highest BCUT2D eigenvalue weighted by molar-refractivity contribution is 5.79. The van der Waals surface area contributed by atoms with Crippen LogP contribution in [0.25, 0.3) is 11.1 Å². The van der Waals surface area contributed by atoms with Crippen LogP contribution in [0.15, 0.2) is 48.5 Å². The van der Waals surface area contributed by atoms with Crippen LogP contribution < -0.4 is 0 Å². The van der Waals surface area contributed by atoms with Gasteiger partial charge in [-0.05, 0) is 66.7 Å². The largest absolute Gasteiger partial charge is 0.448 e. The fourth-order valence-corrected chi connectivity index (χ4v) is 6.18. The van der Waals surface area contributed by atoms with Crippen LogP contribution in [0.4, 0.5) is 4.79 Å². The number of fused-ring (bicyclic) bond motifs is 5. The Bertz CT molecular complexity index is 907. The van der Waals surface area contributed by atoms with Gasteiger partial charge in [0.2, 0.25) is 0 Å². The van der Waals surface area contributed by atoms with E-state index < -0.39 is 5.60 Å². The molecular formula is C25H27NO3. The number of hydrogen-bond donors (Lipinski definition) is 1. The molecule has 0 aromatic heterocycles. The molecule has 1 N–H and O–H groups in total. The number of aliphatic hydroxyl groups is 1. The standard InChI is InChI=1S/C25H27NO3/c27-24(26-17-11-12-18(26)14-25(28,13-17)16-9-10-16)29-15-23-21-7-3-1-5-19(21)20-6-2-4-8-22(20)23/h1-8,16-18,23,28H,9-15H2. The van der Waals surface area contributed by atoms with Gasteiger partial charge in [-0.1, -0.05) is 48.5 Å². The van der Waals surface area contributed by atoms with Gasteiger partial charge in [-0.3, -0.25) is 0 Å². The fourth-order valence-electron chi connectivity index (χ4n) is 6.18. The first-order chi connectivity index (χ1) is 14.1. The zero-order valence-corrected chi connectivity index (χ0v) is 16.6. The molecule has 4 nitrogen and oxygen atoms in total. The molecule has 2 atom stereocenters. The van der Waals surface area contributed by atoms with Crippen molar-refractivity contribution >= 4 is 6.09 Å². The van der Waals surface area contributed by atoms with E-state index in [2.05, 4.69) is 48.5 Å². The monoisotopic (exact) mass is 389 g/mol. The van der Waals surface area contributed by atoms with Crippen molar-refractivity contribution in [3.05, 3.63) is 59.7 Å². The summed E-state index contributed by atoms with van der Waals surface area (Å²) in [6.45, 7) is 0.371. The van der Waals surface area contributed by atoms with Crippen molar-refractivity contribution in [2.24, 2.45) is 5.92 Å². The average Bonchev–Trinajstić information content (AvgIpc) is 3.50. The number of piperidine rings is 1. The maximum absolute atomic E-state index is 13.1. The normalized spacial score (nSPS) is 30.2. The van der Waals surface area contributed by atoms with Gasteiger partial charge in [0.15, 0.2) is 0 Å². The van der Waals surface area contributed by atoms with E-state index in [1.54, 1.807) is 0 Å². The number of carbonyl (C=O) groups excluding carboxylic acids is 1. The Morgan fingerprint density at radius 2 is 1.48 bits per heavy atom. The Kier molecular flexibility index (Phi) is 3.83. The van der Waals surface area contributed by atoms with Gasteiger partial charge in [0.05, 0.1) is 5.60 Å². The highest BCUT2D eigenvalue weighted by Crippen LogP contribution is 2.51. The molecule has 2 aliphatic carbocycles. The zero-order valence-electron chi connectivity index (χ0n) is 16.6. The number of benzene rings is 2. The molecule has 150 valence electrons. The Morgan fingerprint density at radius 1 is 0.931 bits per heavy atom. The predicted octanol–water partition coefficient (Wildman–Crippen LogP) is 4.70. The zero-order chi connectivity index (χ0) is 19.6. The molecule has 3 fully saturated rings. The summed E-state index contributed by atoms with van der Waals surface area (Å²) in [6, 6.07) is 17.1. The third-order valence-electron chi connectivity index (χ3n) is 7.68. The number of rotatable bonds is 3. The molecule has 1 saturated carbocycles. The van der Waals surface area contributed by atoms with Crippen molar-refractivity contribution in [3.8, 4) is 11.1 Å². The first-order valence-electron chi connectivity index (χ1n) is 11.0. The smallest absolute Gasteiger partial charge is 0.410 e. The molecule has 2 heterocycles. The SMILES string of the molecule is O=C(OCC1c2ccccc2-c2ccccc21)N1C2CCC1CC(O)(C1CC1)C2. The third kappa shape index (κ3) is 2.72. The van der Waals surface area contributed by atoms with E-state index in [9.17, 15) is 9.90 Å². The summed E-state index contributed by atoms with van der Waals surface area (Å²) in [6.07, 6.45) is 5.50. The molecule has 2 saturated heterocycles. The molecule has 29 heavy (non-hydrogen) atoms. The van der Waals surface area contributed by atoms with E-state index in [-0.39, 0.29) is 24.1 Å². The van der Waals surface area contributed by atoms with Gasteiger partial charge >= 0.3 is 6.09 Å². The predicted molar refractivity (Wildman–Crippen MR) is 111 cm³/mol. The van der Waals surface area contributed by atoms with E-state index in [0.717, 1.165) is 38.5 Å². The molecule has 4 heteroatoms. The minimum Gasteiger partial charge on any atom is -0.448 e. The Balaban J connectivity index is 1.19. The van der Waals surface area contributed by atoms with Gasteiger partial charge < -0.3 is 14.7 Å². The van der Waals surface area contributed by atoms with E-state index >= 15 is 0 Å². The fraction of sp³-hybridized carbons (Fsp3) is 0.480. The average molecular weight is 389 g/mol. The first-order valence-corrected chi connectivity index (χ1v) is 11.0. The van der Waals surface area contributed by atoms with Gasteiger partial charge in [-0.2, -0.15) is 0 Å². The second-order valence-corrected chi connectivity index (χ2v) is 9.38. The molecule has 2 unspecified atom stereocenters. The van der Waals surface area contributed by atoms with Crippen LogP contribution in [0.5, 0.6) is 0 Å². The van der Waals surface area contributed by atoms with Crippen molar-refractivity contribution in [1.29, 1.82) is 0 Å². The summed E-state index contributed by atoms with van der Waals surface area (Å²) >= 11 is 0. The van der Waals surface area contributed by atoms with Crippen LogP contribution in [0.3, 0.4) is 0 Å². The Labute approximate surface area is 171 Å². The lowest BCUT2D eigenvalue weighted by atomic mass is 9.82. The summed E-state index contributed by atoms with van der Waals surface area (Å²) in [4.78, 5) is 15.0. The maximum atomic E-state index is 13.1. The number of amides is 1. The van der Waals surface area contributed by atoms with Crippen LogP contribution in [-0.2, 0) is 4.74 Å². The summed E-state index contributed by atoms with van der Waals surface area (Å²) in [5.74, 6) is 0.549. The molecule has 1 amide bonds. The topological polar surface area (TPSA) is 49.8 Å². The maximum Gasteiger partial charge on any atom is 0.410 e. The van der Waals surface area contributed by atoms with E-state index in [1.165, 1.54) is 22.3 Å². The van der Waals surface area contributed by atoms with Crippen LogP contribution in [0, 0.1) is 5.92 Å². The summed E-state index contributed by atoms with van der Waals surface area (Å²) in [7, 11) is 0. The van der Waals surface area contributed by atoms with E-state index in [0.29, 0.717) is 12.5 Å². The van der Waals surface area contributed by atoms with Crippen molar-refractivity contribution in [1.82, 2.24) is 4.90 Å². The minimum absolute atomic E-state index is 0.0946. The lowest BCUT2D eigenvalue weighted by Crippen LogP contribution is -2.54. The van der Waals surface area contributed by atoms with Gasteiger partial charge in [0.25, 0.3) is 0 Å². The van der Waals surface area contributed by atoms with Crippen LogP contribution in [0.2, 0.25) is 0 Å². The van der Waals surface area contributed by atoms with Crippen LogP contribution in [0.1, 0.15) is 55.6 Å². The summed E-state index contributed by atoms with van der Waals surface area (Å²) in [5.41, 5.74) is 4.43. The molecule has 4 aliphatic rings. The second kappa shape index (κ2) is 6.33. The molecule has 2 aliphatic heterocycles. The van der Waals surface area contributed by atoms with E-state index in [4.69, 9.17) is 4.74 Å². The first kappa shape index (κ1) is 17.5. The van der Waals surface area contributed by atoms with Crippen LogP contribution in [-0.4, -0.2) is 40.4 Å². The third-order valence-corrected chi connectivity index (χ3v) is 7.68. The van der Waals surface area contributed by atoms with Crippen molar-refractivity contribution < 1.29 is 14.6 Å². The van der Waals surface area contributed by atoms with Crippen LogP contribution >= 0.6 is 0 Å².